The van der Waals surface area contributed by atoms with Crippen LogP contribution in [0.1, 0.15) is 5.56 Å². The summed E-state index contributed by atoms with van der Waals surface area (Å²) in [6, 6.07) is 13.6. The number of anilines is 2. The summed E-state index contributed by atoms with van der Waals surface area (Å²) >= 11 is 12.1. The van der Waals surface area contributed by atoms with Crippen molar-refractivity contribution in [3.8, 4) is 0 Å². The molecule has 3 N–H and O–H groups in total. The molecule has 0 aliphatic carbocycles. The molecule has 0 aliphatic heterocycles. The van der Waals surface area contributed by atoms with Crippen LogP contribution in [-0.2, 0) is 0 Å². The van der Waals surface area contributed by atoms with Crippen LogP contribution in [0.25, 0.3) is 0 Å². The number of thiocarbonyl (C=S) groups is 1. The monoisotopic (exact) mass is 384 g/mol. The van der Waals surface area contributed by atoms with Crippen LogP contribution in [-0.4, -0.2) is 4.99 Å². The van der Waals surface area contributed by atoms with Gasteiger partial charge in [-0.25, -0.2) is 0 Å². The number of para-hydroxylation sites is 2. The SMILES string of the molecule is NC(=S)c1ccccc1Nc1c(Br)cccc1Br. The minimum Gasteiger partial charge on any atom is -0.389 e. The minimum atomic E-state index is 0.376. The van der Waals surface area contributed by atoms with Crippen LogP contribution in [0.15, 0.2) is 51.4 Å². The summed E-state index contributed by atoms with van der Waals surface area (Å²) in [7, 11) is 0. The molecule has 0 radical (unpaired) electrons. The Labute approximate surface area is 128 Å². The van der Waals surface area contributed by atoms with Crippen molar-refractivity contribution in [1.29, 1.82) is 0 Å². The first kappa shape index (κ1) is 13.5. The van der Waals surface area contributed by atoms with E-state index in [4.69, 9.17) is 18.0 Å². The maximum atomic E-state index is 5.71. The van der Waals surface area contributed by atoms with Gasteiger partial charge in [0.2, 0.25) is 0 Å². The highest BCUT2D eigenvalue weighted by Gasteiger charge is 2.08. The fourth-order valence-corrected chi connectivity index (χ4v) is 2.93. The van der Waals surface area contributed by atoms with Gasteiger partial charge >= 0.3 is 0 Å². The second kappa shape index (κ2) is 5.82. The van der Waals surface area contributed by atoms with Gasteiger partial charge < -0.3 is 11.1 Å². The fraction of sp³-hybridized carbons (Fsp3) is 0. The molecule has 92 valence electrons. The highest BCUT2D eigenvalue weighted by atomic mass is 79.9. The molecular weight excluding hydrogens is 376 g/mol. The number of rotatable bonds is 3. The lowest BCUT2D eigenvalue weighted by Crippen LogP contribution is -2.11. The summed E-state index contributed by atoms with van der Waals surface area (Å²) in [5, 5.41) is 3.33. The Hall–Kier alpha value is -0.910. The summed E-state index contributed by atoms with van der Waals surface area (Å²) in [6.45, 7) is 0. The van der Waals surface area contributed by atoms with E-state index in [0.717, 1.165) is 25.9 Å². The van der Waals surface area contributed by atoms with Crippen LogP contribution in [0.5, 0.6) is 0 Å². The van der Waals surface area contributed by atoms with E-state index >= 15 is 0 Å². The van der Waals surface area contributed by atoms with Crippen LogP contribution in [0.2, 0.25) is 0 Å². The van der Waals surface area contributed by atoms with Gasteiger partial charge in [0.1, 0.15) is 4.99 Å². The van der Waals surface area contributed by atoms with Crippen molar-refractivity contribution >= 4 is 60.4 Å². The molecule has 0 aromatic heterocycles. The van der Waals surface area contributed by atoms with E-state index in [-0.39, 0.29) is 0 Å². The Morgan fingerprint density at radius 1 is 1.00 bits per heavy atom. The molecule has 2 aromatic rings. The van der Waals surface area contributed by atoms with E-state index in [0.29, 0.717) is 4.99 Å². The van der Waals surface area contributed by atoms with Gasteiger partial charge in [0, 0.05) is 20.2 Å². The van der Waals surface area contributed by atoms with Gasteiger partial charge in [-0.2, -0.15) is 0 Å². The van der Waals surface area contributed by atoms with Gasteiger partial charge in [-0.05, 0) is 56.1 Å². The predicted molar refractivity (Wildman–Crippen MR) is 87.5 cm³/mol. The molecule has 5 heteroatoms. The third-order valence-corrected chi connectivity index (χ3v) is 3.96. The van der Waals surface area contributed by atoms with E-state index in [1.54, 1.807) is 0 Å². The Balaban J connectivity index is 2.43. The molecular formula is C13H10Br2N2S. The second-order valence-corrected chi connectivity index (χ2v) is 5.78. The summed E-state index contributed by atoms with van der Waals surface area (Å²) in [6.07, 6.45) is 0. The Morgan fingerprint density at radius 3 is 2.22 bits per heavy atom. The Morgan fingerprint density at radius 2 is 1.61 bits per heavy atom. The zero-order valence-corrected chi connectivity index (χ0v) is 13.3. The standard InChI is InChI=1S/C13H10Br2N2S/c14-9-5-3-6-10(15)12(9)17-11-7-2-1-4-8(11)13(16)18/h1-7,17H,(H2,16,18). The van der Waals surface area contributed by atoms with Crippen LogP contribution in [0.4, 0.5) is 11.4 Å². The Bertz CT molecular complexity index is 579. The van der Waals surface area contributed by atoms with Gasteiger partial charge in [0.25, 0.3) is 0 Å². The third kappa shape index (κ3) is 2.91. The van der Waals surface area contributed by atoms with Crippen molar-refractivity contribution in [2.75, 3.05) is 5.32 Å². The van der Waals surface area contributed by atoms with E-state index < -0.39 is 0 Å². The molecule has 0 spiro atoms. The van der Waals surface area contributed by atoms with Gasteiger partial charge in [-0.15, -0.1) is 0 Å². The molecule has 2 rings (SSSR count). The minimum absolute atomic E-state index is 0.376. The average molecular weight is 386 g/mol. The smallest absolute Gasteiger partial charge is 0.106 e. The Kier molecular flexibility index (Phi) is 4.37. The van der Waals surface area contributed by atoms with Gasteiger partial charge in [-0.3, -0.25) is 0 Å². The van der Waals surface area contributed by atoms with Gasteiger partial charge in [-0.1, -0.05) is 30.4 Å². The number of nitrogens with one attached hydrogen (secondary N) is 1. The number of halogens is 2. The molecule has 0 fully saturated rings. The number of nitrogens with two attached hydrogens (primary N) is 1. The highest BCUT2D eigenvalue weighted by Crippen LogP contribution is 2.33. The van der Waals surface area contributed by atoms with E-state index in [1.165, 1.54) is 0 Å². The van der Waals surface area contributed by atoms with Crippen molar-refractivity contribution in [1.82, 2.24) is 0 Å². The molecule has 0 saturated carbocycles. The number of hydrogen-bond donors (Lipinski definition) is 2. The quantitative estimate of drug-likeness (QED) is 0.759. The molecule has 2 aromatic carbocycles. The molecule has 18 heavy (non-hydrogen) atoms. The van der Waals surface area contributed by atoms with E-state index in [9.17, 15) is 0 Å². The third-order valence-electron chi connectivity index (χ3n) is 2.41. The lowest BCUT2D eigenvalue weighted by Gasteiger charge is -2.13. The summed E-state index contributed by atoms with van der Waals surface area (Å²) in [5.41, 5.74) is 8.37. The number of hydrogen-bond acceptors (Lipinski definition) is 2. The van der Waals surface area contributed by atoms with Crippen LogP contribution < -0.4 is 11.1 Å². The first-order chi connectivity index (χ1) is 8.59. The molecule has 0 aliphatic rings. The molecule has 0 saturated heterocycles. The van der Waals surface area contributed by atoms with Crippen molar-refractivity contribution in [2.24, 2.45) is 5.73 Å². The first-order valence-electron chi connectivity index (χ1n) is 5.19. The normalized spacial score (nSPS) is 10.1. The van der Waals surface area contributed by atoms with Crippen molar-refractivity contribution in [2.45, 2.75) is 0 Å². The topological polar surface area (TPSA) is 38.0 Å². The molecule has 2 nitrogen and oxygen atoms in total. The maximum absolute atomic E-state index is 5.71. The first-order valence-corrected chi connectivity index (χ1v) is 7.19. The number of benzene rings is 2. The zero-order valence-electron chi connectivity index (χ0n) is 9.28. The van der Waals surface area contributed by atoms with Crippen molar-refractivity contribution in [3.05, 3.63) is 57.0 Å². The van der Waals surface area contributed by atoms with Crippen LogP contribution >= 0.6 is 44.1 Å². The maximum Gasteiger partial charge on any atom is 0.106 e. The van der Waals surface area contributed by atoms with E-state index in [2.05, 4.69) is 37.2 Å². The molecule has 0 unspecified atom stereocenters. The van der Waals surface area contributed by atoms with Gasteiger partial charge in [0.05, 0.1) is 5.69 Å². The van der Waals surface area contributed by atoms with Gasteiger partial charge in [0.15, 0.2) is 0 Å². The van der Waals surface area contributed by atoms with E-state index in [1.807, 2.05) is 42.5 Å². The fourth-order valence-electron chi connectivity index (χ4n) is 1.56. The lowest BCUT2D eigenvalue weighted by molar-refractivity contribution is 1.48. The van der Waals surface area contributed by atoms with Crippen LogP contribution in [0, 0.1) is 0 Å². The molecule has 0 heterocycles. The predicted octanol–water partition coefficient (Wildman–Crippen LogP) is 4.59. The largest absolute Gasteiger partial charge is 0.389 e. The summed E-state index contributed by atoms with van der Waals surface area (Å²) < 4.78 is 1.93. The highest BCUT2D eigenvalue weighted by molar-refractivity contribution is 9.11. The van der Waals surface area contributed by atoms with Crippen LogP contribution in [0.3, 0.4) is 0 Å². The summed E-state index contributed by atoms with van der Waals surface area (Å²) in [5.74, 6) is 0. The zero-order chi connectivity index (χ0) is 13.1. The summed E-state index contributed by atoms with van der Waals surface area (Å²) in [4.78, 5) is 0.376. The lowest BCUT2D eigenvalue weighted by atomic mass is 10.1. The second-order valence-electron chi connectivity index (χ2n) is 3.63. The molecule has 0 amide bonds. The average Bonchev–Trinajstić information content (AvgIpc) is 2.34. The van der Waals surface area contributed by atoms with Crippen molar-refractivity contribution in [3.63, 3.8) is 0 Å². The molecule has 0 bridgehead atoms. The molecule has 0 atom stereocenters. The van der Waals surface area contributed by atoms with Crippen molar-refractivity contribution < 1.29 is 0 Å².